The molecule has 0 aromatic heterocycles. The van der Waals surface area contributed by atoms with E-state index in [4.69, 9.17) is 0 Å². The molecule has 1 aliphatic rings. The van der Waals surface area contributed by atoms with Gasteiger partial charge in [-0.15, -0.1) is 0 Å². The Balaban J connectivity index is 1.99. The summed E-state index contributed by atoms with van der Waals surface area (Å²) in [7, 11) is 3.43. The molecule has 0 aliphatic heterocycles. The van der Waals surface area contributed by atoms with Crippen molar-refractivity contribution < 1.29 is 9.59 Å². The first-order valence-electron chi connectivity index (χ1n) is 6.11. The summed E-state index contributed by atoms with van der Waals surface area (Å²) in [4.78, 5) is 24.9. The second kappa shape index (κ2) is 4.80. The molecule has 18 heavy (non-hydrogen) atoms. The summed E-state index contributed by atoms with van der Waals surface area (Å²) in [5.41, 5.74) is 1.37. The second-order valence-electron chi connectivity index (χ2n) is 5.09. The van der Waals surface area contributed by atoms with E-state index >= 15 is 0 Å². The van der Waals surface area contributed by atoms with Gasteiger partial charge in [-0.2, -0.15) is 0 Å². The topological polar surface area (TPSA) is 49.4 Å². The predicted octanol–water partition coefficient (Wildman–Crippen LogP) is 1.98. The van der Waals surface area contributed by atoms with E-state index < -0.39 is 0 Å². The first kappa shape index (κ1) is 12.6. The van der Waals surface area contributed by atoms with Crippen LogP contribution in [0.3, 0.4) is 0 Å². The number of rotatable bonds is 3. The number of anilines is 1. The normalized spacial score (nSPS) is 21.3. The van der Waals surface area contributed by atoms with Gasteiger partial charge in [0, 0.05) is 31.3 Å². The number of nitrogens with one attached hydrogen (secondary N) is 1. The van der Waals surface area contributed by atoms with E-state index in [1.54, 1.807) is 38.4 Å². The molecule has 0 spiro atoms. The van der Waals surface area contributed by atoms with Crippen molar-refractivity contribution in [2.24, 2.45) is 11.8 Å². The van der Waals surface area contributed by atoms with Crippen molar-refractivity contribution >= 4 is 17.5 Å². The molecule has 1 aliphatic carbocycles. The molecule has 1 aromatic rings. The summed E-state index contributed by atoms with van der Waals surface area (Å²) in [6, 6.07) is 6.99. The van der Waals surface area contributed by atoms with Crippen LogP contribution in [0.25, 0.3) is 0 Å². The minimum Gasteiger partial charge on any atom is -0.345 e. The lowest BCUT2D eigenvalue weighted by molar-refractivity contribution is -0.117. The van der Waals surface area contributed by atoms with Gasteiger partial charge in [-0.25, -0.2) is 0 Å². The van der Waals surface area contributed by atoms with Gasteiger partial charge in [-0.05, 0) is 36.6 Å². The van der Waals surface area contributed by atoms with Gasteiger partial charge in [0.2, 0.25) is 5.91 Å². The Morgan fingerprint density at radius 3 is 2.22 bits per heavy atom. The van der Waals surface area contributed by atoms with Crippen LogP contribution < -0.4 is 5.32 Å². The zero-order valence-electron chi connectivity index (χ0n) is 10.9. The number of carbonyl (C=O) groups is 2. The van der Waals surface area contributed by atoms with Crippen LogP contribution >= 0.6 is 0 Å². The number of hydrogen-bond acceptors (Lipinski definition) is 2. The molecule has 0 bridgehead atoms. The van der Waals surface area contributed by atoms with Gasteiger partial charge in [-0.3, -0.25) is 9.59 Å². The molecule has 96 valence electrons. The molecule has 2 unspecified atom stereocenters. The minimum atomic E-state index is -0.0382. The number of amides is 2. The molecule has 1 N–H and O–H groups in total. The first-order chi connectivity index (χ1) is 8.49. The highest BCUT2D eigenvalue weighted by Crippen LogP contribution is 2.38. The van der Waals surface area contributed by atoms with Gasteiger partial charge < -0.3 is 10.2 Å². The van der Waals surface area contributed by atoms with Gasteiger partial charge in [0.25, 0.3) is 5.91 Å². The van der Waals surface area contributed by atoms with E-state index in [9.17, 15) is 9.59 Å². The highest BCUT2D eigenvalue weighted by Gasteiger charge is 2.38. The average molecular weight is 246 g/mol. The lowest BCUT2D eigenvalue weighted by atomic mass is 10.2. The Kier molecular flexibility index (Phi) is 3.36. The molecule has 2 rings (SSSR count). The molecule has 0 heterocycles. The van der Waals surface area contributed by atoms with Gasteiger partial charge in [0.15, 0.2) is 0 Å². The van der Waals surface area contributed by atoms with Crippen molar-refractivity contribution in [1.29, 1.82) is 0 Å². The van der Waals surface area contributed by atoms with Crippen molar-refractivity contribution in [2.75, 3.05) is 19.4 Å². The Bertz CT molecular complexity index is 465. The van der Waals surface area contributed by atoms with Crippen molar-refractivity contribution in [3.8, 4) is 0 Å². The minimum absolute atomic E-state index is 0.0382. The molecule has 2 amide bonds. The molecular formula is C14H18N2O2. The molecule has 1 aromatic carbocycles. The zero-order valence-corrected chi connectivity index (χ0v) is 10.9. The summed E-state index contributed by atoms with van der Waals surface area (Å²) in [5, 5.41) is 2.87. The summed E-state index contributed by atoms with van der Waals surface area (Å²) >= 11 is 0. The van der Waals surface area contributed by atoms with Gasteiger partial charge in [0.05, 0.1) is 0 Å². The third kappa shape index (κ3) is 2.70. The van der Waals surface area contributed by atoms with E-state index in [1.807, 2.05) is 0 Å². The number of carbonyl (C=O) groups excluding carboxylic acids is 2. The lowest BCUT2D eigenvalue weighted by Crippen LogP contribution is -2.21. The maximum absolute atomic E-state index is 11.7. The van der Waals surface area contributed by atoms with E-state index in [2.05, 4.69) is 12.2 Å². The SMILES string of the molecule is CC1CC1C(=O)Nc1ccc(C(=O)N(C)C)cc1. The zero-order chi connectivity index (χ0) is 13.3. The summed E-state index contributed by atoms with van der Waals surface area (Å²) in [6.07, 6.45) is 0.975. The fourth-order valence-electron chi connectivity index (χ4n) is 1.88. The largest absolute Gasteiger partial charge is 0.345 e. The van der Waals surface area contributed by atoms with Crippen molar-refractivity contribution in [2.45, 2.75) is 13.3 Å². The Labute approximate surface area is 107 Å². The number of hydrogen-bond donors (Lipinski definition) is 1. The first-order valence-corrected chi connectivity index (χ1v) is 6.11. The number of nitrogens with zero attached hydrogens (tertiary/aromatic N) is 1. The van der Waals surface area contributed by atoms with E-state index in [0.29, 0.717) is 11.5 Å². The highest BCUT2D eigenvalue weighted by atomic mass is 16.2. The summed E-state index contributed by atoms with van der Waals surface area (Å²) in [6.45, 7) is 2.07. The standard InChI is InChI=1S/C14H18N2O2/c1-9-8-12(9)13(17)15-11-6-4-10(5-7-11)14(18)16(2)3/h4-7,9,12H,8H2,1-3H3,(H,15,17). The van der Waals surface area contributed by atoms with Crippen LogP contribution in [0.5, 0.6) is 0 Å². The molecule has 2 atom stereocenters. The third-order valence-corrected chi connectivity index (χ3v) is 3.25. The van der Waals surface area contributed by atoms with Crippen LogP contribution in [0.4, 0.5) is 5.69 Å². The Hall–Kier alpha value is -1.84. The second-order valence-corrected chi connectivity index (χ2v) is 5.09. The van der Waals surface area contributed by atoms with Crippen LogP contribution in [0.1, 0.15) is 23.7 Å². The molecule has 0 saturated heterocycles. The maximum Gasteiger partial charge on any atom is 0.253 e. The maximum atomic E-state index is 11.7. The lowest BCUT2D eigenvalue weighted by Gasteiger charge is -2.10. The van der Waals surface area contributed by atoms with Gasteiger partial charge in [-0.1, -0.05) is 6.92 Å². The number of benzene rings is 1. The van der Waals surface area contributed by atoms with Crippen LogP contribution in [0, 0.1) is 11.8 Å². The summed E-state index contributed by atoms with van der Waals surface area (Å²) < 4.78 is 0. The molecule has 4 nitrogen and oxygen atoms in total. The van der Waals surface area contributed by atoms with E-state index in [1.165, 1.54) is 4.90 Å². The van der Waals surface area contributed by atoms with Gasteiger partial charge >= 0.3 is 0 Å². The molecular weight excluding hydrogens is 228 g/mol. The van der Waals surface area contributed by atoms with Crippen molar-refractivity contribution in [3.05, 3.63) is 29.8 Å². The highest BCUT2D eigenvalue weighted by molar-refractivity contribution is 5.96. The van der Waals surface area contributed by atoms with Crippen molar-refractivity contribution in [3.63, 3.8) is 0 Å². The fourth-order valence-corrected chi connectivity index (χ4v) is 1.88. The monoisotopic (exact) mass is 246 g/mol. The van der Waals surface area contributed by atoms with Crippen LogP contribution in [0.2, 0.25) is 0 Å². The molecule has 0 radical (unpaired) electrons. The molecule has 4 heteroatoms. The van der Waals surface area contributed by atoms with Crippen molar-refractivity contribution in [1.82, 2.24) is 4.90 Å². The summed E-state index contributed by atoms with van der Waals surface area (Å²) in [5.74, 6) is 0.700. The van der Waals surface area contributed by atoms with E-state index in [0.717, 1.165) is 12.1 Å². The molecule has 1 saturated carbocycles. The van der Waals surface area contributed by atoms with Crippen LogP contribution in [-0.2, 0) is 4.79 Å². The average Bonchev–Trinajstić information content (AvgIpc) is 3.06. The van der Waals surface area contributed by atoms with Gasteiger partial charge in [0.1, 0.15) is 0 Å². The third-order valence-electron chi connectivity index (χ3n) is 3.25. The smallest absolute Gasteiger partial charge is 0.253 e. The molecule has 1 fully saturated rings. The Morgan fingerprint density at radius 2 is 1.78 bits per heavy atom. The fraction of sp³-hybridized carbons (Fsp3) is 0.429. The van der Waals surface area contributed by atoms with Crippen LogP contribution in [0.15, 0.2) is 24.3 Å². The predicted molar refractivity (Wildman–Crippen MR) is 70.4 cm³/mol. The Morgan fingerprint density at radius 1 is 1.22 bits per heavy atom. The van der Waals surface area contributed by atoms with Crippen LogP contribution in [-0.4, -0.2) is 30.8 Å². The van der Waals surface area contributed by atoms with E-state index in [-0.39, 0.29) is 17.7 Å². The quantitative estimate of drug-likeness (QED) is 0.886.